The second-order valence-electron chi connectivity index (χ2n) is 5.97. The first-order valence-corrected chi connectivity index (χ1v) is 8.48. The molecule has 0 aliphatic heterocycles. The summed E-state index contributed by atoms with van der Waals surface area (Å²) in [6.07, 6.45) is 2.60. The molecule has 0 radical (unpaired) electrons. The van der Waals surface area contributed by atoms with Crippen LogP contribution in [-0.4, -0.2) is 64.4 Å². The minimum absolute atomic E-state index is 0.705. The molecule has 0 bridgehead atoms. The van der Waals surface area contributed by atoms with Crippen LogP contribution < -0.4 is 10.2 Å². The van der Waals surface area contributed by atoms with Crippen LogP contribution in [0.25, 0.3) is 0 Å². The zero-order valence-corrected chi connectivity index (χ0v) is 14.5. The lowest BCUT2D eigenvalue weighted by Gasteiger charge is -2.18. The predicted molar refractivity (Wildman–Crippen MR) is 89.5 cm³/mol. The number of nitrogens with zero attached hydrogens (tertiary/aromatic N) is 3. The number of rotatable bonds is 10. The van der Waals surface area contributed by atoms with Gasteiger partial charge in [-0.1, -0.05) is 0 Å². The number of ether oxygens (including phenoxy) is 1. The Kier molecular flexibility index (Phi) is 6.41. The Balaban J connectivity index is 1.95. The van der Waals surface area contributed by atoms with Crippen LogP contribution in [0.3, 0.4) is 0 Å². The first kappa shape index (κ1) is 16.7. The maximum absolute atomic E-state index is 5.08. The Morgan fingerprint density at radius 1 is 1.29 bits per heavy atom. The van der Waals surface area contributed by atoms with E-state index in [2.05, 4.69) is 36.3 Å². The number of aromatic nitrogens is 1. The summed E-state index contributed by atoms with van der Waals surface area (Å²) in [5.41, 5.74) is 1.33. The number of hydrogen-bond donors (Lipinski definition) is 1. The second kappa shape index (κ2) is 8.08. The Labute approximate surface area is 132 Å². The summed E-state index contributed by atoms with van der Waals surface area (Å²) in [5, 5.41) is 4.60. The number of likely N-dealkylation sites (N-methyl/N-ethyl adjacent to an activating group) is 2. The van der Waals surface area contributed by atoms with Crippen LogP contribution in [0.2, 0.25) is 0 Å². The van der Waals surface area contributed by atoms with Gasteiger partial charge in [0.05, 0.1) is 12.3 Å². The third-order valence-corrected chi connectivity index (χ3v) is 4.84. The third-order valence-electron chi connectivity index (χ3n) is 3.66. The Hall–Kier alpha value is -0.690. The van der Waals surface area contributed by atoms with E-state index in [1.54, 1.807) is 7.11 Å². The van der Waals surface area contributed by atoms with Crippen LogP contribution in [-0.2, 0) is 11.3 Å². The van der Waals surface area contributed by atoms with Gasteiger partial charge in [0, 0.05) is 51.1 Å². The fourth-order valence-electron chi connectivity index (χ4n) is 2.14. The van der Waals surface area contributed by atoms with E-state index in [9.17, 15) is 0 Å². The van der Waals surface area contributed by atoms with Crippen molar-refractivity contribution in [2.45, 2.75) is 25.3 Å². The van der Waals surface area contributed by atoms with E-state index in [4.69, 9.17) is 9.72 Å². The van der Waals surface area contributed by atoms with Crippen molar-refractivity contribution >= 4 is 16.5 Å². The maximum Gasteiger partial charge on any atom is 0.185 e. The number of nitrogens with one attached hydrogen (secondary N) is 1. The number of thiazole rings is 1. The van der Waals surface area contributed by atoms with Crippen molar-refractivity contribution in [2.75, 3.05) is 59.4 Å². The highest BCUT2D eigenvalue weighted by Crippen LogP contribution is 2.44. The van der Waals surface area contributed by atoms with E-state index in [1.807, 2.05) is 11.3 Å². The third kappa shape index (κ3) is 5.21. The molecule has 0 aromatic carbocycles. The molecule has 6 heteroatoms. The molecule has 1 fully saturated rings. The Morgan fingerprint density at radius 2 is 2.05 bits per heavy atom. The predicted octanol–water partition coefficient (Wildman–Crippen LogP) is 1.75. The van der Waals surface area contributed by atoms with Crippen LogP contribution in [0.1, 0.15) is 29.3 Å². The lowest BCUT2D eigenvalue weighted by Crippen LogP contribution is -2.28. The minimum Gasteiger partial charge on any atom is -0.383 e. The molecular weight excluding hydrogens is 284 g/mol. The van der Waals surface area contributed by atoms with E-state index in [-0.39, 0.29) is 0 Å². The molecule has 1 aliphatic rings. The molecule has 2 rings (SSSR count). The van der Waals surface area contributed by atoms with E-state index in [0.29, 0.717) is 5.92 Å². The van der Waals surface area contributed by atoms with Gasteiger partial charge in [-0.25, -0.2) is 4.98 Å². The van der Waals surface area contributed by atoms with Gasteiger partial charge < -0.3 is 19.9 Å². The zero-order chi connectivity index (χ0) is 15.2. The van der Waals surface area contributed by atoms with Crippen molar-refractivity contribution in [1.82, 2.24) is 15.2 Å². The fraction of sp³-hybridized carbons (Fsp3) is 0.800. The highest BCUT2D eigenvalue weighted by molar-refractivity contribution is 7.15. The molecule has 0 spiro atoms. The molecule has 0 saturated heterocycles. The summed E-state index contributed by atoms with van der Waals surface area (Å²) in [6.45, 7) is 4.63. The van der Waals surface area contributed by atoms with Crippen LogP contribution in [0, 0.1) is 0 Å². The molecular formula is C15H28N4OS. The quantitative estimate of drug-likeness (QED) is 0.667. The average molecular weight is 312 g/mol. The van der Waals surface area contributed by atoms with Crippen LogP contribution >= 0.6 is 11.3 Å². The van der Waals surface area contributed by atoms with Gasteiger partial charge in [-0.15, -0.1) is 11.3 Å². The number of hydrogen-bond acceptors (Lipinski definition) is 6. The molecule has 1 N–H and O–H groups in total. The van der Waals surface area contributed by atoms with Crippen molar-refractivity contribution < 1.29 is 4.74 Å². The molecule has 1 aromatic heterocycles. The molecule has 120 valence electrons. The monoisotopic (exact) mass is 312 g/mol. The van der Waals surface area contributed by atoms with Gasteiger partial charge >= 0.3 is 0 Å². The molecule has 5 nitrogen and oxygen atoms in total. The van der Waals surface area contributed by atoms with Crippen LogP contribution in [0.15, 0.2) is 0 Å². The average Bonchev–Trinajstić information content (AvgIpc) is 3.21. The summed E-state index contributed by atoms with van der Waals surface area (Å²) in [5.74, 6) is 0.705. The molecule has 1 saturated carbocycles. The van der Waals surface area contributed by atoms with Gasteiger partial charge in [0.15, 0.2) is 5.13 Å². The standard InChI is InChI=1S/C15H28N4OS/c1-18(2)8-9-19(3)15-17-14(12-5-6-12)13(21-15)11-16-7-10-20-4/h12,16H,5-11H2,1-4H3. The summed E-state index contributed by atoms with van der Waals surface area (Å²) in [4.78, 5) is 10.8. The van der Waals surface area contributed by atoms with Crippen molar-refractivity contribution in [3.05, 3.63) is 10.6 Å². The van der Waals surface area contributed by atoms with Crippen LogP contribution in [0.5, 0.6) is 0 Å². The first-order valence-electron chi connectivity index (χ1n) is 7.67. The van der Waals surface area contributed by atoms with E-state index in [0.717, 1.165) is 37.9 Å². The minimum atomic E-state index is 0.705. The van der Waals surface area contributed by atoms with Crippen molar-refractivity contribution in [3.8, 4) is 0 Å². The summed E-state index contributed by atoms with van der Waals surface area (Å²) >= 11 is 1.84. The highest BCUT2D eigenvalue weighted by Gasteiger charge is 2.30. The lowest BCUT2D eigenvalue weighted by atomic mass is 10.2. The lowest BCUT2D eigenvalue weighted by molar-refractivity contribution is 0.199. The molecule has 1 heterocycles. The van der Waals surface area contributed by atoms with Gasteiger partial charge in [0.2, 0.25) is 0 Å². The van der Waals surface area contributed by atoms with Crippen LogP contribution in [0.4, 0.5) is 5.13 Å². The number of anilines is 1. The first-order chi connectivity index (χ1) is 10.1. The van der Waals surface area contributed by atoms with Crippen molar-refractivity contribution in [2.24, 2.45) is 0 Å². The largest absolute Gasteiger partial charge is 0.383 e. The number of methoxy groups -OCH3 is 1. The molecule has 1 aromatic rings. The second-order valence-corrected chi connectivity index (χ2v) is 7.04. The Morgan fingerprint density at radius 3 is 2.67 bits per heavy atom. The van der Waals surface area contributed by atoms with Gasteiger partial charge in [0.1, 0.15) is 0 Å². The zero-order valence-electron chi connectivity index (χ0n) is 13.7. The van der Waals surface area contributed by atoms with Gasteiger partial charge in [-0.2, -0.15) is 0 Å². The van der Waals surface area contributed by atoms with E-state index < -0.39 is 0 Å². The SMILES string of the molecule is COCCNCc1sc(N(C)CCN(C)C)nc1C1CC1. The van der Waals surface area contributed by atoms with Crippen molar-refractivity contribution in [3.63, 3.8) is 0 Å². The normalized spacial score (nSPS) is 14.9. The molecule has 0 unspecified atom stereocenters. The summed E-state index contributed by atoms with van der Waals surface area (Å²) in [6, 6.07) is 0. The van der Waals surface area contributed by atoms with Crippen molar-refractivity contribution in [1.29, 1.82) is 0 Å². The molecule has 1 aliphatic carbocycles. The van der Waals surface area contributed by atoms with Gasteiger partial charge in [0.25, 0.3) is 0 Å². The van der Waals surface area contributed by atoms with E-state index >= 15 is 0 Å². The van der Waals surface area contributed by atoms with Gasteiger partial charge in [-0.05, 0) is 26.9 Å². The Bertz CT molecular complexity index is 431. The fourth-order valence-corrected chi connectivity index (χ4v) is 3.24. The van der Waals surface area contributed by atoms with Gasteiger partial charge in [-0.3, -0.25) is 0 Å². The summed E-state index contributed by atoms with van der Waals surface area (Å²) in [7, 11) is 8.09. The topological polar surface area (TPSA) is 40.6 Å². The molecule has 0 atom stereocenters. The van der Waals surface area contributed by atoms with E-state index in [1.165, 1.54) is 23.4 Å². The molecule has 0 amide bonds. The molecule has 21 heavy (non-hydrogen) atoms. The smallest absolute Gasteiger partial charge is 0.185 e. The maximum atomic E-state index is 5.08. The summed E-state index contributed by atoms with van der Waals surface area (Å²) < 4.78 is 5.08. The highest BCUT2D eigenvalue weighted by atomic mass is 32.1.